The summed E-state index contributed by atoms with van der Waals surface area (Å²) >= 11 is 6.35. The van der Waals surface area contributed by atoms with Crippen molar-refractivity contribution in [3.63, 3.8) is 0 Å². The number of amides is 1. The number of halogens is 1. The molecule has 1 unspecified atom stereocenters. The number of fused-ring (bicyclic) bond motifs is 1. The molecule has 7 heteroatoms. The number of carbonyl (C=O) groups is 1. The number of nitrogens with one attached hydrogen (secondary N) is 2. The minimum Gasteiger partial charge on any atom is -0.331 e. The van der Waals surface area contributed by atoms with Gasteiger partial charge in [-0.05, 0) is 23.8 Å². The fourth-order valence-electron chi connectivity index (χ4n) is 3.52. The van der Waals surface area contributed by atoms with E-state index in [4.69, 9.17) is 11.6 Å². The normalized spacial score (nSPS) is 17.6. The van der Waals surface area contributed by atoms with Gasteiger partial charge in [-0.15, -0.1) is 0 Å². The Morgan fingerprint density at radius 3 is 2.77 bits per heavy atom. The highest BCUT2D eigenvalue weighted by molar-refractivity contribution is 6.31. The summed E-state index contributed by atoms with van der Waals surface area (Å²) in [6.45, 7) is 1.93. The molecule has 1 fully saturated rings. The summed E-state index contributed by atoms with van der Waals surface area (Å²) in [6, 6.07) is 14.8. The highest BCUT2D eigenvalue weighted by atomic mass is 35.5. The van der Waals surface area contributed by atoms with Gasteiger partial charge in [-0.3, -0.25) is 9.36 Å². The molecule has 4 rings (SSSR count). The van der Waals surface area contributed by atoms with E-state index in [0.717, 1.165) is 23.1 Å². The van der Waals surface area contributed by atoms with Crippen LogP contribution in [0.5, 0.6) is 0 Å². The molecule has 6 nitrogen and oxygen atoms in total. The highest BCUT2D eigenvalue weighted by Crippen LogP contribution is 2.28. The van der Waals surface area contributed by atoms with Crippen molar-refractivity contribution in [1.29, 1.82) is 0 Å². The van der Waals surface area contributed by atoms with Crippen LogP contribution in [-0.4, -0.2) is 40.0 Å². The Kier molecular flexibility index (Phi) is 4.53. The molecule has 3 aromatic rings. The van der Waals surface area contributed by atoms with Gasteiger partial charge in [-0.25, -0.2) is 4.79 Å². The average molecular weight is 371 g/mol. The Hall–Kier alpha value is -2.57. The molecule has 2 N–H and O–H groups in total. The third-order valence-corrected chi connectivity index (χ3v) is 5.15. The van der Waals surface area contributed by atoms with Crippen LogP contribution in [0.15, 0.2) is 53.3 Å². The zero-order valence-corrected chi connectivity index (χ0v) is 14.9. The molecule has 1 atom stereocenters. The third-order valence-electron chi connectivity index (χ3n) is 4.80. The van der Waals surface area contributed by atoms with Crippen LogP contribution in [0.3, 0.4) is 0 Å². The van der Waals surface area contributed by atoms with Crippen LogP contribution in [0, 0.1) is 0 Å². The number of rotatable bonds is 3. The summed E-state index contributed by atoms with van der Waals surface area (Å²) in [5, 5.41) is 3.96. The SMILES string of the molecule is O=C(Cn1c(=O)[nH]c2ccccc21)N1CCNCC1c1ccccc1Cl. The molecule has 1 amide bonds. The second kappa shape index (κ2) is 6.97. The maximum Gasteiger partial charge on any atom is 0.326 e. The molecule has 0 aliphatic carbocycles. The summed E-state index contributed by atoms with van der Waals surface area (Å²) in [4.78, 5) is 29.9. The Bertz CT molecular complexity index is 1010. The van der Waals surface area contributed by atoms with Crippen LogP contribution in [0.25, 0.3) is 11.0 Å². The molecule has 26 heavy (non-hydrogen) atoms. The molecule has 2 heterocycles. The van der Waals surface area contributed by atoms with Gasteiger partial charge in [-0.2, -0.15) is 0 Å². The topological polar surface area (TPSA) is 70.1 Å². The molecule has 1 saturated heterocycles. The van der Waals surface area contributed by atoms with Crippen LogP contribution in [0.4, 0.5) is 0 Å². The number of para-hydroxylation sites is 2. The molecule has 1 aromatic heterocycles. The maximum atomic E-state index is 13.0. The lowest BCUT2D eigenvalue weighted by Gasteiger charge is -2.37. The summed E-state index contributed by atoms with van der Waals surface area (Å²) in [5.74, 6) is -0.0942. The molecular weight excluding hydrogens is 352 g/mol. The number of benzene rings is 2. The molecule has 1 aliphatic rings. The number of hydrogen-bond donors (Lipinski definition) is 2. The first-order valence-corrected chi connectivity index (χ1v) is 8.95. The summed E-state index contributed by atoms with van der Waals surface area (Å²) in [6.07, 6.45) is 0. The lowest BCUT2D eigenvalue weighted by atomic mass is 10.0. The van der Waals surface area contributed by atoms with Crippen molar-refractivity contribution >= 4 is 28.5 Å². The van der Waals surface area contributed by atoms with E-state index < -0.39 is 0 Å². The van der Waals surface area contributed by atoms with Crippen molar-refractivity contribution < 1.29 is 4.79 Å². The molecule has 0 bridgehead atoms. The van der Waals surface area contributed by atoms with Crippen LogP contribution in [-0.2, 0) is 11.3 Å². The van der Waals surface area contributed by atoms with Gasteiger partial charge in [0.1, 0.15) is 6.54 Å². The van der Waals surface area contributed by atoms with Crippen molar-refractivity contribution in [1.82, 2.24) is 19.8 Å². The number of aromatic nitrogens is 2. The number of hydrogen-bond acceptors (Lipinski definition) is 3. The first-order valence-electron chi connectivity index (χ1n) is 8.57. The van der Waals surface area contributed by atoms with Gasteiger partial charge in [0, 0.05) is 24.7 Å². The summed E-state index contributed by atoms with van der Waals surface area (Å²) in [5.41, 5.74) is 2.11. The third kappa shape index (κ3) is 3.02. The zero-order chi connectivity index (χ0) is 18.1. The van der Waals surface area contributed by atoms with Gasteiger partial charge in [0.05, 0.1) is 17.1 Å². The molecule has 0 saturated carbocycles. The molecule has 1 aliphatic heterocycles. The number of H-pyrrole nitrogens is 1. The maximum absolute atomic E-state index is 13.0. The lowest BCUT2D eigenvalue weighted by molar-refractivity contribution is -0.135. The van der Waals surface area contributed by atoms with Crippen LogP contribution in [0.2, 0.25) is 5.02 Å². The average Bonchev–Trinajstić information content (AvgIpc) is 2.97. The van der Waals surface area contributed by atoms with Crippen LogP contribution in [0.1, 0.15) is 11.6 Å². The first-order chi connectivity index (χ1) is 12.6. The number of aromatic amines is 1. The monoisotopic (exact) mass is 370 g/mol. The smallest absolute Gasteiger partial charge is 0.326 e. The number of nitrogens with zero attached hydrogens (tertiary/aromatic N) is 2. The van der Waals surface area contributed by atoms with Crippen LogP contribution < -0.4 is 11.0 Å². The van der Waals surface area contributed by atoms with E-state index in [1.807, 2.05) is 53.4 Å². The predicted octanol–water partition coefficient (Wildman–Crippen LogP) is 2.16. The number of imidazole rings is 1. The number of piperazine rings is 1. The molecule has 0 spiro atoms. The van der Waals surface area contributed by atoms with Gasteiger partial charge in [0.25, 0.3) is 0 Å². The fraction of sp³-hybridized carbons (Fsp3) is 0.263. The summed E-state index contributed by atoms with van der Waals surface area (Å²) < 4.78 is 1.49. The second-order valence-corrected chi connectivity index (χ2v) is 6.77. The zero-order valence-electron chi connectivity index (χ0n) is 14.1. The van der Waals surface area contributed by atoms with Gasteiger partial charge >= 0.3 is 5.69 Å². The van der Waals surface area contributed by atoms with E-state index in [1.54, 1.807) is 0 Å². The molecule has 0 radical (unpaired) electrons. The molecular formula is C19H19ClN4O2. The minimum atomic E-state index is -0.274. The second-order valence-electron chi connectivity index (χ2n) is 6.36. The Labute approximate surface area is 155 Å². The van der Waals surface area contributed by atoms with Crippen molar-refractivity contribution in [2.24, 2.45) is 0 Å². The van der Waals surface area contributed by atoms with Gasteiger partial charge in [-0.1, -0.05) is 41.9 Å². The minimum absolute atomic E-state index is 0.00377. The molecule has 134 valence electrons. The highest BCUT2D eigenvalue weighted by Gasteiger charge is 2.29. The van der Waals surface area contributed by atoms with Crippen molar-refractivity contribution in [3.05, 3.63) is 69.6 Å². The van der Waals surface area contributed by atoms with Crippen LogP contribution >= 0.6 is 11.6 Å². The largest absolute Gasteiger partial charge is 0.331 e. The predicted molar refractivity (Wildman–Crippen MR) is 101 cm³/mol. The lowest BCUT2D eigenvalue weighted by Crippen LogP contribution is -2.50. The van der Waals surface area contributed by atoms with Gasteiger partial charge < -0.3 is 15.2 Å². The van der Waals surface area contributed by atoms with E-state index in [9.17, 15) is 9.59 Å². The summed E-state index contributed by atoms with van der Waals surface area (Å²) in [7, 11) is 0. The van der Waals surface area contributed by atoms with E-state index in [-0.39, 0.29) is 24.2 Å². The first kappa shape index (κ1) is 16.9. The Morgan fingerprint density at radius 1 is 1.15 bits per heavy atom. The Balaban J connectivity index is 1.64. The van der Waals surface area contributed by atoms with E-state index in [2.05, 4.69) is 10.3 Å². The van der Waals surface area contributed by atoms with Crippen molar-refractivity contribution in [3.8, 4) is 0 Å². The standard InChI is InChI=1S/C19H19ClN4O2/c20-14-6-2-1-5-13(14)17-11-21-9-10-23(17)18(25)12-24-16-8-4-3-7-15(16)22-19(24)26/h1-8,17,21H,9-12H2,(H,22,26). The van der Waals surface area contributed by atoms with E-state index in [1.165, 1.54) is 4.57 Å². The van der Waals surface area contributed by atoms with Crippen molar-refractivity contribution in [2.45, 2.75) is 12.6 Å². The van der Waals surface area contributed by atoms with Gasteiger partial charge in [0.15, 0.2) is 0 Å². The quantitative estimate of drug-likeness (QED) is 0.742. The van der Waals surface area contributed by atoms with Crippen molar-refractivity contribution in [2.75, 3.05) is 19.6 Å². The van der Waals surface area contributed by atoms with E-state index >= 15 is 0 Å². The Morgan fingerprint density at radius 2 is 1.92 bits per heavy atom. The molecule has 2 aromatic carbocycles. The fourth-order valence-corrected chi connectivity index (χ4v) is 3.78. The van der Waals surface area contributed by atoms with Gasteiger partial charge in [0.2, 0.25) is 5.91 Å². The van der Waals surface area contributed by atoms with E-state index in [0.29, 0.717) is 18.1 Å². The number of carbonyl (C=O) groups excluding carboxylic acids is 1.